The molecule has 80 valence electrons. The number of nitrogens with zero attached hydrogens (tertiary/aromatic N) is 1. The Morgan fingerprint density at radius 3 is 2.00 bits per heavy atom. The molecule has 1 fully saturated rings. The van der Waals surface area contributed by atoms with Gasteiger partial charge in [-0.15, -0.1) is 0 Å². The number of carboxylic acid groups (broad SMARTS) is 2. The van der Waals surface area contributed by atoms with Gasteiger partial charge in [-0.25, -0.2) is 10.4 Å². The Labute approximate surface area is 81.5 Å². The van der Waals surface area contributed by atoms with Crippen LogP contribution < -0.4 is 5.43 Å². The van der Waals surface area contributed by atoms with Crippen LogP contribution in [0.15, 0.2) is 0 Å². The fourth-order valence-corrected chi connectivity index (χ4v) is 1.68. The highest BCUT2D eigenvalue weighted by Crippen LogP contribution is 2.32. The van der Waals surface area contributed by atoms with Crippen LogP contribution in [-0.4, -0.2) is 45.3 Å². The van der Waals surface area contributed by atoms with Crippen LogP contribution in [0.3, 0.4) is 0 Å². The van der Waals surface area contributed by atoms with E-state index < -0.39 is 23.0 Å². The van der Waals surface area contributed by atoms with Crippen molar-refractivity contribution in [1.82, 2.24) is 10.4 Å². The molecule has 1 saturated heterocycles. The molecule has 2 unspecified atom stereocenters. The fourth-order valence-electron chi connectivity index (χ4n) is 1.68. The number of aliphatic carboxylic acids is 2. The van der Waals surface area contributed by atoms with Crippen molar-refractivity contribution < 1.29 is 19.8 Å². The Hall–Kier alpha value is -1.14. The van der Waals surface area contributed by atoms with Gasteiger partial charge in [0.25, 0.3) is 0 Å². The molecule has 0 aromatic rings. The number of rotatable bonds is 2. The molecule has 1 aliphatic heterocycles. The van der Waals surface area contributed by atoms with Gasteiger partial charge in [0.15, 0.2) is 0 Å². The minimum absolute atomic E-state index is 0.0289. The van der Waals surface area contributed by atoms with Crippen molar-refractivity contribution in [2.45, 2.75) is 31.3 Å². The lowest BCUT2D eigenvalue weighted by Gasteiger charge is -2.25. The van der Waals surface area contributed by atoms with Gasteiger partial charge in [0.2, 0.25) is 0 Å². The molecule has 1 rings (SSSR count). The summed E-state index contributed by atoms with van der Waals surface area (Å²) >= 11 is 0. The Morgan fingerprint density at radius 2 is 1.79 bits per heavy atom. The summed E-state index contributed by atoms with van der Waals surface area (Å²) in [6, 6.07) is 0. The highest BCUT2D eigenvalue weighted by Gasteiger charge is 2.54. The van der Waals surface area contributed by atoms with Crippen molar-refractivity contribution in [3.63, 3.8) is 0 Å². The summed E-state index contributed by atoms with van der Waals surface area (Å²) in [5.41, 5.74) is 0.275. The van der Waals surface area contributed by atoms with Crippen LogP contribution in [0.4, 0.5) is 0 Å². The van der Waals surface area contributed by atoms with Crippen LogP contribution in [0.1, 0.15) is 20.3 Å². The van der Waals surface area contributed by atoms with E-state index in [0.29, 0.717) is 0 Å². The number of nitrogens with one attached hydrogen (secondary N) is 1. The van der Waals surface area contributed by atoms with Crippen molar-refractivity contribution in [3.05, 3.63) is 0 Å². The van der Waals surface area contributed by atoms with Gasteiger partial charge in [0.05, 0.1) is 0 Å². The molecule has 0 aromatic carbocycles. The smallest absolute Gasteiger partial charge is 0.325 e. The topological polar surface area (TPSA) is 89.9 Å². The largest absolute Gasteiger partial charge is 0.480 e. The maximum atomic E-state index is 11.0. The first-order chi connectivity index (χ1) is 6.22. The molecule has 2 atom stereocenters. The summed E-state index contributed by atoms with van der Waals surface area (Å²) in [7, 11) is 1.53. The lowest BCUT2D eigenvalue weighted by atomic mass is 9.88. The summed E-state index contributed by atoms with van der Waals surface area (Å²) in [4.78, 5) is 21.9. The number of hydrogen-bond acceptors (Lipinski definition) is 4. The number of carboxylic acids is 2. The SMILES string of the molecule is CN1NC(C)(C(=O)O)CC1(C)C(=O)O. The van der Waals surface area contributed by atoms with Crippen LogP contribution in [0, 0.1) is 0 Å². The van der Waals surface area contributed by atoms with E-state index in [4.69, 9.17) is 10.2 Å². The van der Waals surface area contributed by atoms with Crippen LogP contribution in [0.2, 0.25) is 0 Å². The van der Waals surface area contributed by atoms with Gasteiger partial charge in [-0.3, -0.25) is 9.59 Å². The van der Waals surface area contributed by atoms with E-state index in [2.05, 4.69) is 5.43 Å². The van der Waals surface area contributed by atoms with Gasteiger partial charge in [-0.1, -0.05) is 0 Å². The number of carbonyl (C=O) groups is 2. The molecule has 0 amide bonds. The van der Waals surface area contributed by atoms with Crippen LogP contribution in [-0.2, 0) is 9.59 Å². The Bertz CT molecular complexity index is 293. The predicted molar refractivity (Wildman–Crippen MR) is 47.6 cm³/mol. The van der Waals surface area contributed by atoms with Gasteiger partial charge < -0.3 is 10.2 Å². The standard InChI is InChI=1S/C8H14N2O4/c1-7(5(11)12)4-8(2,6(13)14)10(3)9-7/h9H,4H2,1-3H3,(H,11,12)(H,13,14). The average molecular weight is 202 g/mol. The molecule has 0 saturated carbocycles. The fraction of sp³-hybridized carbons (Fsp3) is 0.750. The minimum Gasteiger partial charge on any atom is -0.480 e. The molecule has 3 N–H and O–H groups in total. The first-order valence-corrected chi connectivity index (χ1v) is 4.21. The lowest BCUT2D eigenvalue weighted by Crippen LogP contribution is -2.51. The third-order valence-electron chi connectivity index (χ3n) is 2.79. The van der Waals surface area contributed by atoms with E-state index >= 15 is 0 Å². The molecule has 14 heavy (non-hydrogen) atoms. The number of hydrogen-bond donors (Lipinski definition) is 3. The summed E-state index contributed by atoms with van der Waals surface area (Å²) < 4.78 is 0. The zero-order valence-corrected chi connectivity index (χ0v) is 8.37. The molecular weight excluding hydrogens is 188 g/mol. The van der Waals surface area contributed by atoms with Gasteiger partial charge >= 0.3 is 11.9 Å². The van der Waals surface area contributed by atoms with E-state index in [-0.39, 0.29) is 6.42 Å². The van der Waals surface area contributed by atoms with E-state index in [1.54, 1.807) is 0 Å². The van der Waals surface area contributed by atoms with Crippen molar-refractivity contribution >= 4 is 11.9 Å². The second-order valence-corrected chi connectivity index (χ2v) is 4.06. The molecule has 1 aliphatic rings. The Morgan fingerprint density at radius 1 is 1.29 bits per heavy atom. The van der Waals surface area contributed by atoms with E-state index in [1.807, 2.05) is 0 Å². The van der Waals surface area contributed by atoms with E-state index in [0.717, 1.165) is 0 Å². The van der Waals surface area contributed by atoms with Crippen molar-refractivity contribution in [2.24, 2.45) is 0 Å². The average Bonchev–Trinajstić information content (AvgIpc) is 2.25. The predicted octanol–water partition coefficient (Wildman–Crippen LogP) is -0.487. The van der Waals surface area contributed by atoms with Gasteiger partial charge in [0.1, 0.15) is 11.1 Å². The quantitative estimate of drug-likeness (QED) is 0.560. The third-order valence-corrected chi connectivity index (χ3v) is 2.79. The van der Waals surface area contributed by atoms with E-state index in [9.17, 15) is 9.59 Å². The lowest BCUT2D eigenvalue weighted by molar-refractivity contribution is -0.148. The van der Waals surface area contributed by atoms with Crippen molar-refractivity contribution in [1.29, 1.82) is 0 Å². The maximum Gasteiger partial charge on any atom is 0.325 e. The van der Waals surface area contributed by atoms with Crippen molar-refractivity contribution in [2.75, 3.05) is 7.05 Å². The van der Waals surface area contributed by atoms with Crippen LogP contribution >= 0.6 is 0 Å². The number of hydrazine groups is 1. The second kappa shape index (κ2) is 2.93. The van der Waals surface area contributed by atoms with E-state index in [1.165, 1.54) is 25.9 Å². The molecule has 0 aliphatic carbocycles. The highest BCUT2D eigenvalue weighted by molar-refractivity contribution is 5.84. The van der Waals surface area contributed by atoms with Crippen LogP contribution in [0.5, 0.6) is 0 Å². The van der Waals surface area contributed by atoms with Gasteiger partial charge in [-0.05, 0) is 13.8 Å². The highest BCUT2D eigenvalue weighted by atomic mass is 16.4. The second-order valence-electron chi connectivity index (χ2n) is 4.06. The first-order valence-electron chi connectivity index (χ1n) is 4.21. The summed E-state index contributed by atoms with van der Waals surface area (Å²) in [6.45, 7) is 2.97. The van der Waals surface area contributed by atoms with Gasteiger partial charge in [-0.2, -0.15) is 0 Å². The molecule has 6 nitrogen and oxygen atoms in total. The normalized spacial score (nSPS) is 38.5. The monoisotopic (exact) mass is 202 g/mol. The number of likely N-dealkylation sites (N-methyl/N-ethyl adjacent to an activating group) is 1. The Balaban J connectivity index is 2.99. The molecule has 0 aromatic heterocycles. The zero-order chi connectivity index (χ0) is 11.1. The molecule has 6 heteroatoms. The molecular formula is C8H14N2O4. The minimum atomic E-state index is -1.21. The van der Waals surface area contributed by atoms with Crippen LogP contribution in [0.25, 0.3) is 0 Å². The molecule has 0 radical (unpaired) electrons. The molecule has 0 spiro atoms. The summed E-state index contributed by atoms with van der Waals surface area (Å²) in [5.74, 6) is -2.08. The first kappa shape index (κ1) is 10.9. The summed E-state index contributed by atoms with van der Waals surface area (Å²) in [5, 5.41) is 19.2. The molecule has 1 heterocycles. The third kappa shape index (κ3) is 1.36. The van der Waals surface area contributed by atoms with Gasteiger partial charge in [0, 0.05) is 13.5 Å². The zero-order valence-electron chi connectivity index (χ0n) is 8.37. The maximum absolute atomic E-state index is 11.0. The summed E-state index contributed by atoms with van der Waals surface area (Å²) in [6.07, 6.45) is 0.0289. The van der Waals surface area contributed by atoms with Crippen molar-refractivity contribution in [3.8, 4) is 0 Å². The Kier molecular flexibility index (Phi) is 2.29. The molecule has 0 bridgehead atoms.